The fraction of sp³-hybridized carbons (Fsp3) is 0.444. The number of ether oxygens (including phenoxy) is 1. The van der Waals surface area contributed by atoms with Gasteiger partial charge in [-0.2, -0.15) is 0 Å². The van der Waals surface area contributed by atoms with Gasteiger partial charge in [-0.3, -0.25) is 4.79 Å². The third kappa shape index (κ3) is 3.59. The predicted octanol–water partition coefficient (Wildman–Crippen LogP) is 1.32. The summed E-state index contributed by atoms with van der Waals surface area (Å²) in [5, 5.41) is 16.4. The molecule has 0 spiro atoms. The molecule has 1 aromatic heterocycles. The van der Waals surface area contributed by atoms with Gasteiger partial charge < -0.3 is 15.3 Å². The number of carbonyl (C=O) groups is 1. The molecule has 0 saturated heterocycles. The lowest BCUT2D eigenvalue weighted by atomic mass is 10.3. The first-order valence-corrected chi connectivity index (χ1v) is 5.48. The molecule has 2 N–H and O–H groups in total. The van der Waals surface area contributed by atoms with Crippen molar-refractivity contribution in [1.82, 2.24) is 4.98 Å². The number of methoxy groups -OCH3 is 1. The van der Waals surface area contributed by atoms with Crippen LogP contribution in [-0.4, -0.2) is 35.5 Å². The Morgan fingerprint density at radius 1 is 1.75 bits per heavy atom. The van der Waals surface area contributed by atoms with Crippen molar-refractivity contribution in [3.05, 3.63) is 11.1 Å². The number of aromatic nitrogens is 1. The zero-order chi connectivity index (χ0) is 12.0. The Labute approximate surface area is 96.9 Å². The number of nitrogens with zero attached hydrogens (tertiary/aromatic N) is 2. The van der Waals surface area contributed by atoms with Crippen molar-refractivity contribution in [3.8, 4) is 0 Å². The molecule has 6 nitrogen and oxygen atoms in total. The molecule has 0 unspecified atom stereocenters. The average Bonchev–Trinajstić information content (AvgIpc) is 2.73. The van der Waals surface area contributed by atoms with Gasteiger partial charge in [-0.05, 0) is 6.92 Å². The molecule has 0 aromatic carbocycles. The van der Waals surface area contributed by atoms with Crippen molar-refractivity contribution in [2.24, 2.45) is 5.16 Å². The predicted molar refractivity (Wildman–Crippen MR) is 61.2 cm³/mol. The molecule has 0 aliphatic heterocycles. The molecule has 0 saturated carbocycles. The molecule has 16 heavy (non-hydrogen) atoms. The Morgan fingerprint density at radius 3 is 3.12 bits per heavy atom. The Hall–Kier alpha value is -1.47. The summed E-state index contributed by atoms with van der Waals surface area (Å²) in [4.78, 5) is 15.4. The van der Waals surface area contributed by atoms with Gasteiger partial charge in [-0.15, -0.1) is 11.3 Å². The molecule has 1 aromatic rings. The van der Waals surface area contributed by atoms with E-state index >= 15 is 0 Å². The van der Waals surface area contributed by atoms with Gasteiger partial charge >= 0.3 is 0 Å². The zero-order valence-electron chi connectivity index (χ0n) is 9.06. The van der Waals surface area contributed by atoms with Crippen LogP contribution in [0.3, 0.4) is 0 Å². The van der Waals surface area contributed by atoms with E-state index in [4.69, 9.17) is 9.94 Å². The minimum absolute atomic E-state index is 0.152. The van der Waals surface area contributed by atoms with Gasteiger partial charge in [0.25, 0.3) is 0 Å². The second-order valence-electron chi connectivity index (χ2n) is 3.01. The van der Waals surface area contributed by atoms with Gasteiger partial charge in [0.1, 0.15) is 11.4 Å². The number of nitrogens with one attached hydrogen (secondary N) is 1. The van der Waals surface area contributed by atoms with E-state index in [0.717, 1.165) is 0 Å². The lowest BCUT2D eigenvalue weighted by Gasteiger charge is -1.99. The third-order valence-electron chi connectivity index (χ3n) is 1.80. The number of amides is 1. The van der Waals surface area contributed by atoms with Gasteiger partial charge in [0.05, 0.1) is 13.0 Å². The standard InChI is InChI=1S/C9H13N3O3S/c1-6(12-14)7-5-16-9(10-7)11-8(13)3-4-15-2/h5,14H,3-4H2,1-2H3,(H,10,11,13). The van der Waals surface area contributed by atoms with Gasteiger partial charge in [0.2, 0.25) is 5.91 Å². The smallest absolute Gasteiger partial charge is 0.228 e. The molecule has 0 aliphatic carbocycles. The number of carbonyl (C=O) groups excluding carboxylic acids is 1. The molecule has 0 bridgehead atoms. The molecule has 0 fully saturated rings. The summed E-state index contributed by atoms with van der Waals surface area (Å²) < 4.78 is 4.78. The third-order valence-corrected chi connectivity index (χ3v) is 2.56. The van der Waals surface area contributed by atoms with Crippen LogP contribution in [0.4, 0.5) is 5.13 Å². The normalized spacial score (nSPS) is 11.5. The summed E-state index contributed by atoms with van der Waals surface area (Å²) in [6.45, 7) is 2.01. The van der Waals surface area contributed by atoms with E-state index in [0.29, 0.717) is 29.6 Å². The first-order chi connectivity index (χ1) is 7.67. The number of rotatable bonds is 5. The molecule has 1 heterocycles. The number of hydrogen-bond acceptors (Lipinski definition) is 6. The number of thiazole rings is 1. The van der Waals surface area contributed by atoms with Crippen LogP contribution in [0.15, 0.2) is 10.5 Å². The highest BCUT2D eigenvalue weighted by molar-refractivity contribution is 7.14. The van der Waals surface area contributed by atoms with Crippen LogP contribution in [0.1, 0.15) is 19.0 Å². The molecule has 1 rings (SSSR count). The Morgan fingerprint density at radius 2 is 2.50 bits per heavy atom. The SMILES string of the molecule is COCCC(=O)Nc1nc(C(C)=NO)cs1. The van der Waals surface area contributed by atoms with Crippen LogP contribution in [-0.2, 0) is 9.53 Å². The molecule has 1 amide bonds. The number of oxime groups is 1. The molecule has 7 heteroatoms. The van der Waals surface area contributed by atoms with Crippen molar-refractivity contribution < 1.29 is 14.7 Å². The monoisotopic (exact) mass is 243 g/mol. The largest absolute Gasteiger partial charge is 0.411 e. The van der Waals surface area contributed by atoms with Crippen molar-refractivity contribution in [2.75, 3.05) is 19.0 Å². The van der Waals surface area contributed by atoms with Crippen LogP contribution in [0.5, 0.6) is 0 Å². The number of hydrogen-bond donors (Lipinski definition) is 2. The van der Waals surface area contributed by atoms with Crippen LogP contribution < -0.4 is 5.32 Å². The van der Waals surface area contributed by atoms with Crippen molar-refractivity contribution >= 4 is 28.1 Å². The summed E-state index contributed by atoms with van der Waals surface area (Å²) in [5.41, 5.74) is 0.961. The molecule has 88 valence electrons. The average molecular weight is 243 g/mol. The van der Waals surface area contributed by atoms with E-state index in [1.54, 1.807) is 12.3 Å². The first-order valence-electron chi connectivity index (χ1n) is 4.60. The molecular weight excluding hydrogens is 230 g/mol. The summed E-state index contributed by atoms with van der Waals surface area (Å²) in [7, 11) is 1.54. The Kier molecular flexibility index (Phi) is 4.87. The first kappa shape index (κ1) is 12.6. The molecule has 0 aliphatic rings. The fourth-order valence-corrected chi connectivity index (χ4v) is 1.70. The molecule has 0 atom stereocenters. The second-order valence-corrected chi connectivity index (χ2v) is 3.87. The summed E-state index contributed by atoms with van der Waals surface area (Å²) in [6.07, 6.45) is 0.290. The van der Waals surface area contributed by atoms with Crippen LogP contribution in [0.25, 0.3) is 0 Å². The highest BCUT2D eigenvalue weighted by Gasteiger charge is 2.08. The summed E-state index contributed by atoms with van der Waals surface area (Å²) >= 11 is 1.28. The van der Waals surface area contributed by atoms with Gasteiger partial charge in [0.15, 0.2) is 5.13 Å². The molecule has 0 radical (unpaired) electrons. The second kappa shape index (κ2) is 6.19. The lowest BCUT2D eigenvalue weighted by Crippen LogP contribution is -2.13. The van der Waals surface area contributed by atoms with Gasteiger partial charge in [-0.1, -0.05) is 5.16 Å². The minimum atomic E-state index is -0.152. The number of anilines is 1. The van der Waals surface area contributed by atoms with Crippen molar-refractivity contribution in [2.45, 2.75) is 13.3 Å². The van der Waals surface area contributed by atoms with Crippen LogP contribution in [0.2, 0.25) is 0 Å². The van der Waals surface area contributed by atoms with Crippen LogP contribution >= 0.6 is 11.3 Å². The minimum Gasteiger partial charge on any atom is -0.411 e. The van der Waals surface area contributed by atoms with Gasteiger partial charge in [-0.25, -0.2) is 4.98 Å². The highest BCUT2D eigenvalue weighted by Crippen LogP contribution is 2.16. The van der Waals surface area contributed by atoms with E-state index in [-0.39, 0.29) is 5.91 Å². The quantitative estimate of drug-likeness (QED) is 0.464. The van der Waals surface area contributed by atoms with E-state index < -0.39 is 0 Å². The summed E-state index contributed by atoms with van der Waals surface area (Å²) in [6, 6.07) is 0. The summed E-state index contributed by atoms with van der Waals surface area (Å²) in [5.74, 6) is -0.152. The van der Waals surface area contributed by atoms with E-state index in [9.17, 15) is 4.79 Å². The maximum atomic E-state index is 11.3. The maximum absolute atomic E-state index is 11.3. The van der Waals surface area contributed by atoms with E-state index in [1.807, 2.05) is 0 Å². The lowest BCUT2D eigenvalue weighted by molar-refractivity contribution is -0.117. The van der Waals surface area contributed by atoms with Crippen molar-refractivity contribution in [1.29, 1.82) is 0 Å². The van der Waals surface area contributed by atoms with E-state index in [2.05, 4.69) is 15.5 Å². The Bertz CT molecular complexity index is 389. The topological polar surface area (TPSA) is 83.8 Å². The molecular formula is C9H13N3O3S. The fourth-order valence-electron chi connectivity index (χ4n) is 0.925. The van der Waals surface area contributed by atoms with Gasteiger partial charge in [0, 0.05) is 12.5 Å². The highest BCUT2D eigenvalue weighted by atomic mass is 32.1. The van der Waals surface area contributed by atoms with Crippen molar-refractivity contribution in [3.63, 3.8) is 0 Å². The van der Waals surface area contributed by atoms with E-state index in [1.165, 1.54) is 18.4 Å². The zero-order valence-corrected chi connectivity index (χ0v) is 9.87. The van der Waals surface area contributed by atoms with Crippen LogP contribution in [0, 0.1) is 0 Å². The Balaban J connectivity index is 2.55. The maximum Gasteiger partial charge on any atom is 0.228 e.